The highest BCUT2D eigenvalue weighted by molar-refractivity contribution is 5.83. The molecule has 8 heteroatoms. The van der Waals surface area contributed by atoms with Crippen molar-refractivity contribution in [2.45, 2.75) is 18.9 Å². The molecule has 3 amide bonds. The molecule has 0 saturated carbocycles. The van der Waals surface area contributed by atoms with E-state index >= 15 is 0 Å². The molecule has 7 nitrogen and oxygen atoms in total. The van der Waals surface area contributed by atoms with Gasteiger partial charge in [0.1, 0.15) is 5.82 Å². The molecular formula is C18H26FN5O2. The number of carbonyl (C=O) groups is 2. The molecule has 0 unspecified atom stereocenters. The summed E-state index contributed by atoms with van der Waals surface area (Å²) >= 11 is 0. The number of benzene rings is 1. The van der Waals surface area contributed by atoms with Crippen LogP contribution in [0.1, 0.15) is 12.8 Å². The van der Waals surface area contributed by atoms with Crippen molar-refractivity contribution in [2.24, 2.45) is 5.73 Å². The van der Waals surface area contributed by atoms with Crippen molar-refractivity contribution in [3.63, 3.8) is 0 Å². The largest absolute Gasteiger partial charge is 0.367 e. The molecule has 142 valence electrons. The van der Waals surface area contributed by atoms with Crippen LogP contribution in [0.3, 0.4) is 0 Å². The van der Waals surface area contributed by atoms with E-state index in [-0.39, 0.29) is 18.3 Å². The molecule has 2 fully saturated rings. The minimum Gasteiger partial charge on any atom is -0.367 e. The number of nitrogens with one attached hydrogen (secondary N) is 1. The zero-order chi connectivity index (χ0) is 18.5. The summed E-state index contributed by atoms with van der Waals surface area (Å²) in [7, 11) is 0. The molecule has 0 aromatic heterocycles. The first-order valence-corrected chi connectivity index (χ1v) is 9.09. The molecule has 1 aromatic rings. The fourth-order valence-electron chi connectivity index (χ4n) is 3.79. The van der Waals surface area contributed by atoms with Crippen LogP contribution in [0.2, 0.25) is 0 Å². The van der Waals surface area contributed by atoms with Gasteiger partial charge < -0.3 is 20.9 Å². The van der Waals surface area contributed by atoms with Gasteiger partial charge in [0, 0.05) is 45.3 Å². The average molecular weight is 363 g/mol. The van der Waals surface area contributed by atoms with E-state index in [1.807, 2.05) is 12.1 Å². The predicted molar refractivity (Wildman–Crippen MR) is 97.4 cm³/mol. The molecule has 2 saturated heterocycles. The number of amides is 3. The highest BCUT2D eigenvalue weighted by Crippen LogP contribution is 2.23. The van der Waals surface area contributed by atoms with E-state index in [9.17, 15) is 14.0 Å². The second kappa shape index (κ2) is 8.35. The monoisotopic (exact) mass is 363 g/mol. The molecule has 26 heavy (non-hydrogen) atoms. The van der Waals surface area contributed by atoms with Crippen molar-refractivity contribution in [2.75, 3.05) is 50.7 Å². The molecule has 3 rings (SSSR count). The highest BCUT2D eigenvalue weighted by Gasteiger charge is 2.30. The van der Waals surface area contributed by atoms with Crippen molar-refractivity contribution in [3.8, 4) is 0 Å². The van der Waals surface area contributed by atoms with Crippen LogP contribution < -0.4 is 16.0 Å². The lowest BCUT2D eigenvalue weighted by atomic mass is 10.0. The van der Waals surface area contributed by atoms with E-state index in [0.29, 0.717) is 24.8 Å². The summed E-state index contributed by atoms with van der Waals surface area (Å²) in [6.07, 6.45) is 1.99. The van der Waals surface area contributed by atoms with Crippen LogP contribution in [0, 0.1) is 5.82 Å². The van der Waals surface area contributed by atoms with Crippen molar-refractivity contribution in [1.29, 1.82) is 0 Å². The maximum atomic E-state index is 14.0. The van der Waals surface area contributed by atoms with Gasteiger partial charge in [-0.2, -0.15) is 0 Å². The van der Waals surface area contributed by atoms with Gasteiger partial charge in [-0.05, 0) is 25.0 Å². The first-order valence-electron chi connectivity index (χ1n) is 9.09. The molecule has 0 radical (unpaired) electrons. The number of nitrogens with zero attached hydrogens (tertiary/aromatic N) is 3. The molecule has 1 atom stereocenters. The number of likely N-dealkylation sites (tertiary alicyclic amines) is 1. The van der Waals surface area contributed by atoms with Gasteiger partial charge in [0.15, 0.2) is 0 Å². The third kappa shape index (κ3) is 4.43. The topological polar surface area (TPSA) is 81.9 Å². The minimum absolute atomic E-state index is 0.0525. The summed E-state index contributed by atoms with van der Waals surface area (Å²) in [6.45, 7) is 4.57. The van der Waals surface area contributed by atoms with Gasteiger partial charge >= 0.3 is 6.03 Å². The van der Waals surface area contributed by atoms with Gasteiger partial charge in [-0.3, -0.25) is 9.69 Å². The lowest BCUT2D eigenvalue weighted by molar-refractivity contribution is -0.132. The number of piperidine rings is 1. The van der Waals surface area contributed by atoms with Crippen LogP contribution in [0.4, 0.5) is 14.9 Å². The number of urea groups is 1. The van der Waals surface area contributed by atoms with Crippen LogP contribution in [-0.2, 0) is 4.79 Å². The number of halogens is 1. The van der Waals surface area contributed by atoms with E-state index < -0.39 is 6.03 Å². The highest BCUT2D eigenvalue weighted by atomic mass is 19.1. The second-order valence-electron chi connectivity index (χ2n) is 6.83. The summed E-state index contributed by atoms with van der Waals surface area (Å²) in [5.74, 6) is -0.282. The third-order valence-electron chi connectivity index (χ3n) is 5.19. The van der Waals surface area contributed by atoms with E-state index in [0.717, 1.165) is 39.0 Å². The average Bonchev–Trinajstić information content (AvgIpc) is 2.67. The smallest absolute Gasteiger partial charge is 0.312 e. The molecule has 3 N–H and O–H groups in total. The Morgan fingerprint density at radius 1 is 1.15 bits per heavy atom. The lowest BCUT2D eigenvalue weighted by Crippen LogP contribution is -2.56. The number of nitrogens with two attached hydrogens (primary N) is 1. The fraction of sp³-hybridized carbons (Fsp3) is 0.556. The van der Waals surface area contributed by atoms with E-state index in [1.165, 1.54) is 6.07 Å². The van der Waals surface area contributed by atoms with Crippen LogP contribution in [0.5, 0.6) is 0 Å². The number of rotatable bonds is 4. The maximum Gasteiger partial charge on any atom is 0.312 e. The normalized spacial score (nSPS) is 21.5. The Bertz CT molecular complexity index is 648. The SMILES string of the molecule is NC(=O)NCC(=O)N1CCC[C@H](N2CCN(c3ccccc3F)CC2)C1. The summed E-state index contributed by atoms with van der Waals surface area (Å²) in [5.41, 5.74) is 5.68. The van der Waals surface area contributed by atoms with E-state index in [1.54, 1.807) is 11.0 Å². The first-order chi connectivity index (χ1) is 12.5. The molecule has 2 heterocycles. The van der Waals surface area contributed by atoms with Gasteiger partial charge in [-0.15, -0.1) is 0 Å². The Kier molecular flexibility index (Phi) is 5.92. The summed E-state index contributed by atoms with van der Waals surface area (Å²) in [4.78, 5) is 29.2. The molecule has 2 aliphatic heterocycles. The summed E-state index contributed by atoms with van der Waals surface area (Å²) < 4.78 is 14.0. The molecule has 0 bridgehead atoms. The summed E-state index contributed by atoms with van der Waals surface area (Å²) in [6, 6.07) is 6.50. The zero-order valence-electron chi connectivity index (χ0n) is 14.9. The molecule has 0 aliphatic carbocycles. The van der Waals surface area contributed by atoms with Gasteiger partial charge in [0.2, 0.25) is 5.91 Å². The third-order valence-corrected chi connectivity index (χ3v) is 5.19. The second-order valence-corrected chi connectivity index (χ2v) is 6.83. The van der Waals surface area contributed by atoms with Crippen LogP contribution in [0.15, 0.2) is 24.3 Å². The number of carbonyl (C=O) groups excluding carboxylic acids is 2. The van der Waals surface area contributed by atoms with E-state index in [4.69, 9.17) is 5.73 Å². The minimum atomic E-state index is -0.684. The molecule has 0 spiro atoms. The lowest BCUT2D eigenvalue weighted by Gasteiger charge is -2.44. The Labute approximate surface area is 152 Å². The molecular weight excluding hydrogens is 337 g/mol. The maximum absolute atomic E-state index is 14.0. The number of piperazine rings is 1. The Hall–Kier alpha value is -2.35. The van der Waals surface area contributed by atoms with Crippen LogP contribution in [-0.4, -0.2) is 73.6 Å². The standard InChI is InChI=1S/C18H26FN5O2/c19-15-5-1-2-6-16(15)23-10-8-22(9-11-23)14-4-3-7-24(13-14)17(25)12-21-18(20)26/h1-2,5-6,14H,3-4,7-13H2,(H3,20,21,26)/t14-/m0/s1. The fourth-order valence-corrected chi connectivity index (χ4v) is 3.79. The van der Waals surface area contributed by atoms with Crippen molar-refractivity contribution in [1.82, 2.24) is 15.1 Å². The van der Waals surface area contributed by atoms with Crippen molar-refractivity contribution >= 4 is 17.6 Å². The Morgan fingerprint density at radius 3 is 2.58 bits per heavy atom. The number of para-hydroxylation sites is 1. The predicted octanol–water partition coefficient (Wildman–Crippen LogP) is 0.607. The van der Waals surface area contributed by atoms with Crippen molar-refractivity contribution < 1.29 is 14.0 Å². The Balaban J connectivity index is 1.52. The first kappa shape index (κ1) is 18.4. The van der Waals surface area contributed by atoms with Crippen molar-refractivity contribution in [3.05, 3.63) is 30.1 Å². The number of hydrogen-bond donors (Lipinski definition) is 2. The zero-order valence-corrected chi connectivity index (χ0v) is 14.9. The van der Waals surface area contributed by atoms with Crippen LogP contribution in [0.25, 0.3) is 0 Å². The summed E-state index contributed by atoms with van der Waals surface area (Å²) in [5, 5.41) is 2.36. The van der Waals surface area contributed by atoms with Gasteiger partial charge in [-0.1, -0.05) is 12.1 Å². The number of primary amides is 1. The van der Waals surface area contributed by atoms with Gasteiger partial charge in [-0.25, -0.2) is 9.18 Å². The molecule has 1 aromatic carbocycles. The van der Waals surface area contributed by atoms with Gasteiger partial charge in [0.25, 0.3) is 0 Å². The molecule has 2 aliphatic rings. The van der Waals surface area contributed by atoms with E-state index in [2.05, 4.69) is 15.1 Å². The Morgan fingerprint density at radius 2 is 1.88 bits per heavy atom. The van der Waals surface area contributed by atoms with Gasteiger partial charge in [0.05, 0.1) is 12.2 Å². The number of hydrogen-bond acceptors (Lipinski definition) is 4. The van der Waals surface area contributed by atoms with Crippen LogP contribution >= 0.6 is 0 Å². The number of anilines is 1. The quantitative estimate of drug-likeness (QED) is 0.821.